The van der Waals surface area contributed by atoms with Gasteiger partial charge in [-0.1, -0.05) is 15.9 Å². The molecule has 0 aliphatic heterocycles. The van der Waals surface area contributed by atoms with Crippen molar-refractivity contribution >= 4 is 27.7 Å². The first-order valence-electron chi connectivity index (χ1n) is 5.54. The molecule has 2 aromatic rings. The number of carbonyl (C=O) groups is 1. The number of aromatic nitrogens is 1. The predicted molar refractivity (Wildman–Crippen MR) is 75.8 cm³/mol. The normalized spacial score (nSPS) is 9.74. The molecule has 1 aromatic heterocycles. The highest BCUT2D eigenvalue weighted by Gasteiger charge is 2.09. The number of aryl methyl sites for hydroxylation is 1. The van der Waals surface area contributed by atoms with Gasteiger partial charge >= 0.3 is 0 Å². The van der Waals surface area contributed by atoms with Crippen molar-refractivity contribution in [2.24, 2.45) is 0 Å². The summed E-state index contributed by atoms with van der Waals surface area (Å²) in [6.07, 6.45) is 1.42. The minimum atomic E-state index is -0.220. The molecule has 2 rings (SSSR count). The van der Waals surface area contributed by atoms with E-state index >= 15 is 0 Å². The molecule has 94 valence electrons. The first-order chi connectivity index (χ1) is 9.10. The maximum absolute atomic E-state index is 12.1. The van der Waals surface area contributed by atoms with Crippen LogP contribution >= 0.6 is 15.9 Å². The van der Waals surface area contributed by atoms with Crippen LogP contribution in [0.4, 0.5) is 5.82 Å². The Kier molecular flexibility index (Phi) is 3.93. The molecule has 19 heavy (non-hydrogen) atoms. The van der Waals surface area contributed by atoms with E-state index in [-0.39, 0.29) is 5.91 Å². The van der Waals surface area contributed by atoms with Crippen LogP contribution in [0.5, 0.6) is 0 Å². The molecule has 0 fully saturated rings. The fraction of sp³-hybridized carbons (Fsp3) is 0.0714. The minimum Gasteiger partial charge on any atom is -0.307 e. The molecule has 0 atom stereocenters. The van der Waals surface area contributed by atoms with Crippen molar-refractivity contribution in [2.45, 2.75) is 6.92 Å². The lowest BCUT2D eigenvalue weighted by Gasteiger charge is -2.07. The topological polar surface area (TPSA) is 65.8 Å². The average molecular weight is 316 g/mol. The molecule has 0 spiro atoms. The van der Waals surface area contributed by atoms with Crippen LogP contribution in [0.25, 0.3) is 0 Å². The molecule has 0 unspecified atom stereocenters. The number of carbonyl (C=O) groups excluding carboxylic acids is 1. The molecular formula is C14H10BrN3O. The van der Waals surface area contributed by atoms with Gasteiger partial charge in [0.25, 0.3) is 5.91 Å². The Labute approximate surface area is 119 Å². The molecule has 0 aliphatic carbocycles. The summed E-state index contributed by atoms with van der Waals surface area (Å²) in [4.78, 5) is 16.1. The molecule has 0 saturated heterocycles. The predicted octanol–water partition coefficient (Wildman–Crippen LogP) is 3.28. The Morgan fingerprint density at radius 3 is 2.74 bits per heavy atom. The minimum absolute atomic E-state index is 0.220. The van der Waals surface area contributed by atoms with E-state index in [1.165, 1.54) is 6.20 Å². The van der Waals surface area contributed by atoms with E-state index < -0.39 is 0 Å². The third kappa shape index (κ3) is 3.18. The monoisotopic (exact) mass is 315 g/mol. The van der Waals surface area contributed by atoms with E-state index in [9.17, 15) is 4.79 Å². The lowest BCUT2D eigenvalue weighted by atomic mass is 10.1. The third-order valence-corrected chi connectivity index (χ3v) is 3.06. The molecule has 0 aliphatic rings. The van der Waals surface area contributed by atoms with Crippen LogP contribution in [0.3, 0.4) is 0 Å². The lowest BCUT2D eigenvalue weighted by Crippen LogP contribution is -2.14. The van der Waals surface area contributed by atoms with Gasteiger partial charge in [0.05, 0.1) is 5.56 Å². The highest BCUT2D eigenvalue weighted by atomic mass is 79.9. The number of hydrogen-bond donors (Lipinski definition) is 1. The van der Waals surface area contributed by atoms with Crippen LogP contribution in [-0.4, -0.2) is 10.9 Å². The molecule has 0 radical (unpaired) electrons. The van der Waals surface area contributed by atoms with Crippen LogP contribution < -0.4 is 5.32 Å². The highest BCUT2D eigenvalue weighted by Crippen LogP contribution is 2.17. The zero-order chi connectivity index (χ0) is 13.8. The van der Waals surface area contributed by atoms with Crippen molar-refractivity contribution in [1.29, 1.82) is 5.26 Å². The van der Waals surface area contributed by atoms with Gasteiger partial charge in [-0.15, -0.1) is 0 Å². The van der Waals surface area contributed by atoms with E-state index in [0.29, 0.717) is 16.9 Å². The second kappa shape index (κ2) is 5.63. The van der Waals surface area contributed by atoms with Crippen molar-refractivity contribution in [3.05, 3.63) is 57.7 Å². The third-order valence-electron chi connectivity index (χ3n) is 2.57. The van der Waals surface area contributed by atoms with E-state index in [1.807, 2.05) is 25.1 Å². The van der Waals surface area contributed by atoms with Gasteiger partial charge in [0, 0.05) is 16.2 Å². The first kappa shape index (κ1) is 13.2. The van der Waals surface area contributed by atoms with Gasteiger partial charge in [0.1, 0.15) is 11.9 Å². The molecule has 5 heteroatoms. The maximum Gasteiger partial charge on any atom is 0.257 e. The standard InChI is InChI=1S/C14H10BrN3O/c1-9-6-11(15)3-4-12(9)14(19)18-13-5-2-10(7-16)8-17-13/h2-6,8H,1H3,(H,17,18,19). The van der Waals surface area contributed by atoms with Crippen molar-refractivity contribution in [3.63, 3.8) is 0 Å². The van der Waals surface area contributed by atoms with Gasteiger partial charge < -0.3 is 5.32 Å². The zero-order valence-corrected chi connectivity index (χ0v) is 11.7. The fourth-order valence-electron chi connectivity index (χ4n) is 1.60. The van der Waals surface area contributed by atoms with E-state index in [1.54, 1.807) is 18.2 Å². The van der Waals surface area contributed by atoms with Crippen LogP contribution in [0, 0.1) is 18.3 Å². The van der Waals surface area contributed by atoms with Gasteiger partial charge in [-0.25, -0.2) is 4.98 Å². The number of nitrogens with zero attached hydrogens (tertiary/aromatic N) is 2. The number of nitriles is 1. The smallest absolute Gasteiger partial charge is 0.257 e. The van der Waals surface area contributed by atoms with E-state index in [0.717, 1.165) is 10.0 Å². The number of nitrogens with one attached hydrogen (secondary N) is 1. The van der Waals surface area contributed by atoms with Crippen LogP contribution in [0.1, 0.15) is 21.5 Å². The highest BCUT2D eigenvalue weighted by molar-refractivity contribution is 9.10. The second-order valence-corrected chi connectivity index (χ2v) is 4.87. The molecule has 1 amide bonds. The van der Waals surface area contributed by atoms with Crippen molar-refractivity contribution in [2.75, 3.05) is 5.32 Å². The number of rotatable bonds is 2. The van der Waals surface area contributed by atoms with Gasteiger partial charge in [-0.3, -0.25) is 4.79 Å². The summed E-state index contributed by atoms with van der Waals surface area (Å²) in [5, 5.41) is 11.4. The summed E-state index contributed by atoms with van der Waals surface area (Å²) in [5.74, 6) is 0.202. The summed E-state index contributed by atoms with van der Waals surface area (Å²) in [5.41, 5.74) is 1.92. The average Bonchev–Trinajstić information content (AvgIpc) is 2.39. The Balaban J connectivity index is 2.18. The van der Waals surface area contributed by atoms with Gasteiger partial charge in [0.2, 0.25) is 0 Å². The molecule has 1 heterocycles. The summed E-state index contributed by atoms with van der Waals surface area (Å²) in [7, 11) is 0. The fourth-order valence-corrected chi connectivity index (χ4v) is 2.07. The summed E-state index contributed by atoms with van der Waals surface area (Å²) >= 11 is 3.35. The van der Waals surface area contributed by atoms with Crippen molar-refractivity contribution in [3.8, 4) is 6.07 Å². The number of benzene rings is 1. The SMILES string of the molecule is Cc1cc(Br)ccc1C(=O)Nc1ccc(C#N)cn1. The first-order valence-corrected chi connectivity index (χ1v) is 6.33. The number of hydrogen-bond acceptors (Lipinski definition) is 3. The van der Waals surface area contributed by atoms with Crippen molar-refractivity contribution < 1.29 is 4.79 Å². The summed E-state index contributed by atoms with van der Waals surface area (Å²) < 4.78 is 0.929. The Bertz CT molecular complexity index is 659. The van der Waals surface area contributed by atoms with E-state index in [4.69, 9.17) is 5.26 Å². The largest absolute Gasteiger partial charge is 0.307 e. The molecule has 0 saturated carbocycles. The summed E-state index contributed by atoms with van der Waals surface area (Å²) in [6, 6.07) is 10.6. The van der Waals surface area contributed by atoms with Gasteiger partial charge in [-0.2, -0.15) is 5.26 Å². The molecular weight excluding hydrogens is 306 g/mol. The maximum atomic E-state index is 12.1. The lowest BCUT2D eigenvalue weighted by molar-refractivity contribution is 0.102. The molecule has 1 aromatic carbocycles. The number of amides is 1. The molecule has 1 N–H and O–H groups in total. The van der Waals surface area contributed by atoms with Crippen molar-refractivity contribution in [1.82, 2.24) is 4.98 Å². The number of anilines is 1. The quantitative estimate of drug-likeness (QED) is 0.924. The van der Waals surface area contributed by atoms with E-state index in [2.05, 4.69) is 26.2 Å². The molecule has 4 nitrogen and oxygen atoms in total. The number of pyridine rings is 1. The van der Waals surface area contributed by atoms with Gasteiger partial charge in [0.15, 0.2) is 0 Å². The Morgan fingerprint density at radius 1 is 1.37 bits per heavy atom. The Morgan fingerprint density at radius 2 is 2.16 bits per heavy atom. The second-order valence-electron chi connectivity index (χ2n) is 3.96. The molecule has 0 bridgehead atoms. The van der Waals surface area contributed by atoms with Crippen LogP contribution in [-0.2, 0) is 0 Å². The van der Waals surface area contributed by atoms with Crippen LogP contribution in [0.2, 0.25) is 0 Å². The summed E-state index contributed by atoms with van der Waals surface area (Å²) in [6.45, 7) is 1.87. The number of halogens is 1. The van der Waals surface area contributed by atoms with Crippen LogP contribution in [0.15, 0.2) is 41.0 Å². The van der Waals surface area contributed by atoms with Gasteiger partial charge in [-0.05, 0) is 42.8 Å². The zero-order valence-electron chi connectivity index (χ0n) is 10.1. The Hall–Kier alpha value is -2.19.